The third-order valence-electron chi connectivity index (χ3n) is 4.20. The summed E-state index contributed by atoms with van der Waals surface area (Å²) in [5.41, 5.74) is 5.78. The summed E-state index contributed by atoms with van der Waals surface area (Å²) in [4.78, 5) is 12.4. The smallest absolute Gasteiger partial charge is 0.139 e. The lowest BCUT2D eigenvalue weighted by Crippen LogP contribution is -2.37. The van der Waals surface area contributed by atoms with Crippen LogP contribution in [-0.4, -0.2) is 25.5 Å². The second-order valence-corrected chi connectivity index (χ2v) is 5.18. The Morgan fingerprint density at radius 1 is 1.12 bits per heavy atom. The first-order chi connectivity index (χ1) is 7.83. The van der Waals surface area contributed by atoms with Gasteiger partial charge in [0.2, 0.25) is 0 Å². The summed E-state index contributed by atoms with van der Waals surface area (Å²) in [6.45, 7) is 2.20. The van der Waals surface area contributed by atoms with Crippen molar-refractivity contribution >= 4 is 5.78 Å². The molecule has 1 saturated heterocycles. The standard InChI is InChI=1S/C13H23NO2/c14-9-11-3-1-2-4-12(11)13(15)10-5-7-16-8-6-10/h10-12H,1-9,14H2. The van der Waals surface area contributed by atoms with Crippen molar-refractivity contribution in [2.75, 3.05) is 19.8 Å². The summed E-state index contributed by atoms with van der Waals surface area (Å²) in [6, 6.07) is 0. The molecule has 3 heteroatoms. The molecular weight excluding hydrogens is 202 g/mol. The molecular formula is C13H23NO2. The highest BCUT2D eigenvalue weighted by Gasteiger charge is 2.34. The molecule has 0 aromatic rings. The van der Waals surface area contributed by atoms with Gasteiger partial charge in [0.05, 0.1) is 0 Å². The van der Waals surface area contributed by atoms with Gasteiger partial charge in [-0.15, -0.1) is 0 Å². The van der Waals surface area contributed by atoms with Gasteiger partial charge in [-0.1, -0.05) is 12.8 Å². The normalized spacial score (nSPS) is 32.6. The lowest BCUT2D eigenvalue weighted by molar-refractivity contribution is -0.132. The molecule has 1 aliphatic carbocycles. The average molecular weight is 225 g/mol. The van der Waals surface area contributed by atoms with Gasteiger partial charge in [-0.3, -0.25) is 4.79 Å². The highest BCUT2D eigenvalue weighted by atomic mass is 16.5. The lowest BCUT2D eigenvalue weighted by atomic mass is 9.73. The van der Waals surface area contributed by atoms with Crippen molar-refractivity contribution in [1.29, 1.82) is 0 Å². The molecule has 92 valence electrons. The zero-order valence-corrected chi connectivity index (χ0v) is 9.99. The van der Waals surface area contributed by atoms with E-state index in [2.05, 4.69) is 0 Å². The first-order valence-corrected chi connectivity index (χ1v) is 6.64. The molecule has 0 bridgehead atoms. The Labute approximate surface area is 97.7 Å². The van der Waals surface area contributed by atoms with Crippen molar-refractivity contribution < 1.29 is 9.53 Å². The van der Waals surface area contributed by atoms with Gasteiger partial charge >= 0.3 is 0 Å². The SMILES string of the molecule is NCC1CCCCC1C(=O)C1CCOCC1. The Balaban J connectivity index is 1.95. The van der Waals surface area contributed by atoms with E-state index < -0.39 is 0 Å². The van der Waals surface area contributed by atoms with Crippen molar-refractivity contribution in [3.63, 3.8) is 0 Å². The number of carbonyl (C=O) groups excluding carboxylic acids is 1. The number of carbonyl (C=O) groups is 1. The van der Waals surface area contributed by atoms with E-state index in [-0.39, 0.29) is 11.8 Å². The van der Waals surface area contributed by atoms with Gasteiger partial charge in [-0.25, -0.2) is 0 Å². The summed E-state index contributed by atoms with van der Waals surface area (Å²) < 4.78 is 5.31. The van der Waals surface area contributed by atoms with Crippen molar-refractivity contribution in [1.82, 2.24) is 0 Å². The van der Waals surface area contributed by atoms with Crippen LogP contribution in [0.3, 0.4) is 0 Å². The highest BCUT2D eigenvalue weighted by molar-refractivity contribution is 5.83. The molecule has 1 saturated carbocycles. The summed E-state index contributed by atoms with van der Waals surface area (Å²) in [6.07, 6.45) is 6.52. The zero-order valence-electron chi connectivity index (χ0n) is 9.99. The Bertz CT molecular complexity index is 236. The molecule has 2 unspecified atom stereocenters. The summed E-state index contributed by atoms with van der Waals surface area (Å²) >= 11 is 0. The summed E-state index contributed by atoms with van der Waals surface area (Å²) in [5.74, 6) is 1.44. The Morgan fingerprint density at radius 2 is 1.81 bits per heavy atom. The van der Waals surface area contributed by atoms with Crippen LogP contribution in [0.5, 0.6) is 0 Å². The first-order valence-electron chi connectivity index (χ1n) is 6.64. The van der Waals surface area contributed by atoms with Crippen LogP contribution in [0, 0.1) is 17.8 Å². The second kappa shape index (κ2) is 5.78. The number of Topliss-reactive ketones (excluding diaryl/α,β-unsaturated/α-hetero) is 1. The van der Waals surface area contributed by atoms with Crippen molar-refractivity contribution in [3.05, 3.63) is 0 Å². The molecule has 0 aromatic carbocycles. The fourth-order valence-corrected chi connectivity index (χ4v) is 3.15. The number of rotatable bonds is 3. The van der Waals surface area contributed by atoms with Gasteiger partial charge in [-0.05, 0) is 38.1 Å². The maximum Gasteiger partial charge on any atom is 0.139 e. The number of ketones is 1. The topological polar surface area (TPSA) is 52.3 Å². The molecule has 2 fully saturated rings. The van der Waals surface area contributed by atoms with Gasteiger partial charge in [0, 0.05) is 25.0 Å². The largest absolute Gasteiger partial charge is 0.381 e. The molecule has 2 aliphatic rings. The molecule has 0 radical (unpaired) electrons. The molecule has 16 heavy (non-hydrogen) atoms. The molecule has 2 N–H and O–H groups in total. The van der Waals surface area contributed by atoms with Crippen LogP contribution in [0.25, 0.3) is 0 Å². The number of hydrogen-bond acceptors (Lipinski definition) is 3. The number of nitrogens with two attached hydrogens (primary N) is 1. The van der Waals surface area contributed by atoms with E-state index in [1.165, 1.54) is 12.8 Å². The van der Waals surface area contributed by atoms with Crippen LogP contribution in [0.4, 0.5) is 0 Å². The molecule has 2 atom stereocenters. The third kappa shape index (κ3) is 2.64. The molecule has 2 rings (SSSR count). The second-order valence-electron chi connectivity index (χ2n) is 5.18. The average Bonchev–Trinajstić information content (AvgIpc) is 2.39. The minimum absolute atomic E-state index is 0.252. The van der Waals surface area contributed by atoms with Crippen LogP contribution < -0.4 is 5.73 Å². The van der Waals surface area contributed by atoms with Crippen molar-refractivity contribution in [2.45, 2.75) is 38.5 Å². The highest BCUT2D eigenvalue weighted by Crippen LogP contribution is 2.33. The van der Waals surface area contributed by atoms with E-state index in [9.17, 15) is 4.79 Å². The van der Waals surface area contributed by atoms with Crippen LogP contribution in [0.2, 0.25) is 0 Å². The van der Waals surface area contributed by atoms with Crippen LogP contribution in [0.15, 0.2) is 0 Å². The van der Waals surface area contributed by atoms with E-state index in [4.69, 9.17) is 10.5 Å². The minimum atomic E-state index is 0.252. The summed E-state index contributed by atoms with van der Waals surface area (Å²) in [7, 11) is 0. The molecule has 1 aliphatic heterocycles. The Morgan fingerprint density at radius 3 is 2.50 bits per heavy atom. The molecule has 0 aromatic heterocycles. The van der Waals surface area contributed by atoms with Crippen LogP contribution in [0.1, 0.15) is 38.5 Å². The van der Waals surface area contributed by atoms with E-state index in [1.54, 1.807) is 0 Å². The van der Waals surface area contributed by atoms with E-state index in [0.29, 0.717) is 18.2 Å². The predicted molar refractivity (Wildman–Crippen MR) is 63.1 cm³/mol. The Hall–Kier alpha value is -0.410. The number of hydrogen-bond donors (Lipinski definition) is 1. The zero-order chi connectivity index (χ0) is 11.4. The van der Waals surface area contributed by atoms with Gasteiger partial charge in [0.1, 0.15) is 5.78 Å². The first kappa shape index (κ1) is 12.1. The quantitative estimate of drug-likeness (QED) is 0.796. The maximum absolute atomic E-state index is 12.4. The predicted octanol–water partition coefficient (Wildman–Crippen LogP) is 1.75. The van der Waals surface area contributed by atoms with Crippen molar-refractivity contribution in [2.24, 2.45) is 23.5 Å². The fourth-order valence-electron chi connectivity index (χ4n) is 3.15. The van der Waals surface area contributed by atoms with E-state index in [0.717, 1.165) is 38.9 Å². The minimum Gasteiger partial charge on any atom is -0.381 e. The number of ether oxygens (including phenoxy) is 1. The molecule has 3 nitrogen and oxygen atoms in total. The monoisotopic (exact) mass is 225 g/mol. The molecule has 1 heterocycles. The molecule has 0 spiro atoms. The third-order valence-corrected chi connectivity index (χ3v) is 4.20. The summed E-state index contributed by atoms with van der Waals surface area (Å²) in [5, 5.41) is 0. The maximum atomic E-state index is 12.4. The van der Waals surface area contributed by atoms with Crippen LogP contribution >= 0.6 is 0 Å². The van der Waals surface area contributed by atoms with Gasteiger partial charge in [0.25, 0.3) is 0 Å². The lowest BCUT2D eigenvalue weighted by Gasteiger charge is -2.33. The van der Waals surface area contributed by atoms with E-state index >= 15 is 0 Å². The van der Waals surface area contributed by atoms with Crippen LogP contribution in [-0.2, 0) is 9.53 Å². The van der Waals surface area contributed by atoms with Gasteiger partial charge in [0.15, 0.2) is 0 Å². The molecule has 0 amide bonds. The Kier molecular flexibility index (Phi) is 4.36. The van der Waals surface area contributed by atoms with Gasteiger partial charge < -0.3 is 10.5 Å². The van der Waals surface area contributed by atoms with Crippen molar-refractivity contribution in [3.8, 4) is 0 Å². The fraction of sp³-hybridized carbons (Fsp3) is 0.923. The van der Waals surface area contributed by atoms with Gasteiger partial charge in [-0.2, -0.15) is 0 Å². The van der Waals surface area contributed by atoms with E-state index in [1.807, 2.05) is 0 Å².